The van der Waals surface area contributed by atoms with Gasteiger partial charge in [0.25, 0.3) is 11.9 Å². The Hall–Kier alpha value is -1.99. The fourth-order valence-corrected chi connectivity index (χ4v) is 2.56. The highest BCUT2D eigenvalue weighted by molar-refractivity contribution is 5.95. The molecule has 0 unspecified atom stereocenters. The molecule has 0 saturated heterocycles. The quantitative estimate of drug-likeness (QED) is 0.687. The van der Waals surface area contributed by atoms with Crippen LogP contribution in [0.4, 0.5) is 0 Å². The summed E-state index contributed by atoms with van der Waals surface area (Å²) in [6.07, 6.45) is 2.80. The van der Waals surface area contributed by atoms with Crippen molar-refractivity contribution >= 4 is 18.3 Å². The Bertz CT molecular complexity index is 708. The van der Waals surface area contributed by atoms with Crippen LogP contribution in [0.2, 0.25) is 0 Å². The molecule has 0 aliphatic rings. The molecule has 2 heterocycles. The summed E-state index contributed by atoms with van der Waals surface area (Å²) in [5.74, 6) is 0.506. The lowest BCUT2D eigenvalue weighted by Gasteiger charge is -2.07. The predicted octanol–water partition coefficient (Wildman–Crippen LogP) is 2.55. The molecule has 2 rings (SSSR count). The Morgan fingerprint density at radius 1 is 1.15 bits per heavy atom. The summed E-state index contributed by atoms with van der Waals surface area (Å²) in [4.78, 5) is 21.4. The molecule has 0 bridgehead atoms. The summed E-state index contributed by atoms with van der Waals surface area (Å²) in [5, 5.41) is 10.8. The highest BCUT2D eigenvalue weighted by Crippen LogP contribution is 2.19. The summed E-state index contributed by atoms with van der Waals surface area (Å²) in [6, 6.07) is 1.91. The van der Waals surface area contributed by atoms with Crippen molar-refractivity contribution in [2.45, 2.75) is 47.0 Å². The summed E-state index contributed by atoms with van der Waals surface area (Å²) >= 11 is 0. The molecule has 2 aromatic rings. The molecule has 0 atom stereocenters. The van der Waals surface area contributed by atoms with Gasteiger partial charge in [-0.2, -0.15) is 5.10 Å². The molecule has 8 heteroatoms. The summed E-state index contributed by atoms with van der Waals surface area (Å²) in [5.41, 5.74) is 3.07. The van der Waals surface area contributed by atoms with E-state index < -0.39 is 0 Å². The van der Waals surface area contributed by atoms with Crippen molar-refractivity contribution < 1.29 is 4.79 Å². The summed E-state index contributed by atoms with van der Waals surface area (Å²) in [7, 11) is 0. The standard InChI is InChI=1S/C18H28N6O.ClH/c1-6-7-19-8-9-20-17(25)15-11-24(23-16(15)12(2)3)18-21-13(4)10-14(5)22-18;/h10-12,19H,6-9H2,1-5H3,(H,20,25);1H. The molecule has 144 valence electrons. The van der Waals surface area contributed by atoms with E-state index in [1.165, 1.54) is 0 Å². The van der Waals surface area contributed by atoms with E-state index in [2.05, 4.69) is 32.6 Å². The zero-order valence-electron chi connectivity index (χ0n) is 16.2. The Morgan fingerprint density at radius 2 is 1.81 bits per heavy atom. The van der Waals surface area contributed by atoms with E-state index in [0.717, 1.165) is 36.6 Å². The minimum atomic E-state index is -0.113. The van der Waals surface area contributed by atoms with Crippen LogP contribution >= 0.6 is 12.4 Å². The molecule has 1 amide bonds. The van der Waals surface area contributed by atoms with E-state index >= 15 is 0 Å². The van der Waals surface area contributed by atoms with Crippen molar-refractivity contribution in [3.8, 4) is 5.95 Å². The third kappa shape index (κ3) is 5.78. The number of halogens is 1. The summed E-state index contributed by atoms with van der Waals surface area (Å²) < 4.78 is 1.60. The molecular weight excluding hydrogens is 352 g/mol. The van der Waals surface area contributed by atoms with Crippen LogP contribution in [0, 0.1) is 13.8 Å². The number of aryl methyl sites for hydroxylation is 2. The Labute approximate surface area is 161 Å². The van der Waals surface area contributed by atoms with Crippen LogP contribution in [0.5, 0.6) is 0 Å². The van der Waals surface area contributed by atoms with Gasteiger partial charge in [-0.05, 0) is 38.8 Å². The Morgan fingerprint density at radius 3 is 2.38 bits per heavy atom. The number of amides is 1. The first-order chi connectivity index (χ1) is 11.9. The first-order valence-corrected chi connectivity index (χ1v) is 8.83. The number of carbonyl (C=O) groups is 1. The van der Waals surface area contributed by atoms with E-state index in [1.807, 2.05) is 33.8 Å². The molecule has 7 nitrogen and oxygen atoms in total. The van der Waals surface area contributed by atoms with Gasteiger partial charge >= 0.3 is 0 Å². The number of hydrogen-bond donors (Lipinski definition) is 2. The lowest BCUT2D eigenvalue weighted by molar-refractivity contribution is 0.0952. The molecule has 26 heavy (non-hydrogen) atoms. The predicted molar refractivity (Wildman–Crippen MR) is 105 cm³/mol. The fraction of sp³-hybridized carbons (Fsp3) is 0.556. The lowest BCUT2D eigenvalue weighted by Crippen LogP contribution is -2.32. The molecule has 0 radical (unpaired) electrons. The minimum Gasteiger partial charge on any atom is -0.351 e. The van der Waals surface area contributed by atoms with Gasteiger partial charge in [0.15, 0.2) is 0 Å². The van der Waals surface area contributed by atoms with Crippen LogP contribution in [0.15, 0.2) is 12.3 Å². The van der Waals surface area contributed by atoms with Crippen LogP contribution in [0.1, 0.15) is 60.5 Å². The molecular formula is C18H29ClN6O. The monoisotopic (exact) mass is 380 g/mol. The number of carbonyl (C=O) groups excluding carboxylic acids is 1. The number of hydrogen-bond acceptors (Lipinski definition) is 5. The van der Waals surface area contributed by atoms with Gasteiger partial charge in [-0.25, -0.2) is 14.6 Å². The van der Waals surface area contributed by atoms with Crippen LogP contribution in [0.3, 0.4) is 0 Å². The largest absolute Gasteiger partial charge is 0.351 e. The molecule has 0 aliphatic heterocycles. The fourth-order valence-electron chi connectivity index (χ4n) is 2.56. The maximum absolute atomic E-state index is 12.5. The van der Waals surface area contributed by atoms with E-state index in [-0.39, 0.29) is 24.2 Å². The van der Waals surface area contributed by atoms with Crippen LogP contribution in [0.25, 0.3) is 5.95 Å². The third-order valence-corrected chi connectivity index (χ3v) is 3.72. The van der Waals surface area contributed by atoms with Gasteiger partial charge in [0.05, 0.1) is 11.3 Å². The van der Waals surface area contributed by atoms with Crippen molar-refractivity contribution in [1.82, 2.24) is 30.4 Å². The Kier molecular flexibility index (Phi) is 8.68. The van der Waals surface area contributed by atoms with Crippen molar-refractivity contribution in [3.63, 3.8) is 0 Å². The van der Waals surface area contributed by atoms with Crippen LogP contribution < -0.4 is 10.6 Å². The Balaban J connectivity index is 0.00000338. The van der Waals surface area contributed by atoms with Gasteiger partial charge in [0.2, 0.25) is 0 Å². The molecule has 0 aromatic carbocycles. The van der Waals surface area contributed by atoms with Crippen molar-refractivity contribution in [3.05, 3.63) is 34.9 Å². The van der Waals surface area contributed by atoms with Crippen molar-refractivity contribution in [2.75, 3.05) is 19.6 Å². The maximum atomic E-state index is 12.5. The zero-order valence-corrected chi connectivity index (χ0v) is 17.0. The van der Waals surface area contributed by atoms with Crippen molar-refractivity contribution in [2.24, 2.45) is 0 Å². The first kappa shape index (κ1) is 22.1. The molecule has 0 spiro atoms. The average Bonchev–Trinajstić information content (AvgIpc) is 2.99. The van der Waals surface area contributed by atoms with E-state index in [9.17, 15) is 4.79 Å². The minimum absolute atomic E-state index is 0. The first-order valence-electron chi connectivity index (χ1n) is 8.83. The van der Waals surface area contributed by atoms with E-state index in [4.69, 9.17) is 0 Å². The third-order valence-electron chi connectivity index (χ3n) is 3.72. The smallest absolute Gasteiger partial charge is 0.254 e. The molecule has 0 fully saturated rings. The number of rotatable bonds is 8. The number of nitrogens with zero attached hydrogens (tertiary/aromatic N) is 4. The van der Waals surface area contributed by atoms with Gasteiger partial charge in [0.1, 0.15) is 0 Å². The SMILES string of the molecule is CCCNCCNC(=O)c1cn(-c2nc(C)cc(C)n2)nc1C(C)C.Cl. The van der Waals surface area contributed by atoms with Gasteiger partial charge in [-0.3, -0.25) is 4.79 Å². The van der Waals surface area contributed by atoms with E-state index in [1.54, 1.807) is 10.9 Å². The van der Waals surface area contributed by atoms with Crippen LogP contribution in [-0.4, -0.2) is 45.3 Å². The lowest BCUT2D eigenvalue weighted by atomic mass is 10.1. The van der Waals surface area contributed by atoms with Gasteiger partial charge in [0, 0.05) is 30.7 Å². The normalized spacial score (nSPS) is 10.7. The number of aromatic nitrogens is 4. The molecule has 0 saturated carbocycles. The van der Waals surface area contributed by atoms with Gasteiger partial charge in [-0.1, -0.05) is 20.8 Å². The summed E-state index contributed by atoms with van der Waals surface area (Å²) in [6.45, 7) is 12.3. The average molecular weight is 381 g/mol. The van der Waals surface area contributed by atoms with Gasteiger partial charge < -0.3 is 10.6 Å². The molecule has 0 aliphatic carbocycles. The van der Waals surface area contributed by atoms with Crippen LogP contribution in [-0.2, 0) is 0 Å². The van der Waals surface area contributed by atoms with E-state index in [0.29, 0.717) is 18.1 Å². The van der Waals surface area contributed by atoms with Gasteiger partial charge in [-0.15, -0.1) is 12.4 Å². The second-order valence-corrected chi connectivity index (χ2v) is 6.48. The maximum Gasteiger partial charge on any atom is 0.254 e. The number of nitrogens with one attached hydrogen (secondary N) is 2. The van der Waals surface area contributed by atoms with Crippen molar-refractivity contribution in [1.29, 1.82) is 0 Å². The molecule has 2 N–H and O–H groups in total. The second-order valence-electron chi connectivity index (χ2n) is 6.48. The zero-order chi connectivity index (χ0) is 18.4. The highest BCUT2D eigenvalue weighted by atomic mass is 35.5. The second kappa shape index (κ2) is 10.2. The highest BCUT2D eigenvalue weighted by Gasteiger charge is 2.20. The molecule has 2 aromatic heterocycles. The topological polar surface area (TPSA) is 84.7 Å².